The van der Waals surface area contributed by atoms with Crippen molar-refractivity contribution in [2.45, 2.75) is 33.6 Å². The summed E-state index contributed by atoms with van der Waals surface area (Å²) in [5, 5.41) is 0. The minimum absolute atomic E-state index is 0.0478. The van der Waals surface area contributed by atoms with Crippen LogP contribution in [0.25, 0.3) is 0 Å². The summed E-state index contributed by atoms with van der Waals surface area (Å²) in [5.41, 5.74) is 1.22. The van der Waals surface area contributed by atoms with Crippen LogP contribution in [-0.2, 0) is 0 Å². The number of carbonyl (C=O) groups excluding carboxylic acids is 1. The van der Waals surface area contributed by atoms with Crippen LogP contribution < -0.4 is 5.56 Å². The van der Waals surface area contributed by atoms with Crippen molar-refractivity contribution in [1.82, 2.24) is 4.98 Å². The van der Waals surface area contributed by atoms with Gasteiger partial charge in [0.25, 0.3) is 0 Å². The molecule has 1 N–H and O–H groups in total. The van der Waals surface area contributed by atoms with Crippen molar-refractivity contribution in [1.29, 1.82) is 0 Å². The Balaban J connectivity index is 3.29. The SMILES string of the molecule is CC(C)C(=O)c1ccc(=O)[nH]c1C(C)C. The molecule has 0 amide bonds. The van der Waals surface area contributed by atoms with Crippen LogP contribution >= 0.6 is 0 Å². The maximum absolute atomic E-state index is 11.9. The largest absolute Gasteiger partial charge is 0.325 e. The van der Waals surface area contributed by atoms with E-state index in [1.165, 1.54) is 6.07 Å². The number of carbonyl (C=O) groups is 1. The molecule has 3 nitrogen and oxygen atoms in total. The van der Waals surface area contributed by atoms with E-state index in [9.17, 15) is 9.59 Å². The summed E-state index contributed by atoms with van der Waals surface area (Å²) in [6.45, 7) is 7.64. The number of aromatic nitrogens is 1. The summed E-state index contributed by atoms with van der Waals surface area (Å²) in [5.74, 6) is 0.181. The maximum Gasteiger partial charge on any atom is 0.248 e. The number of ketones is 1. The molecule has 0 fully saturated rings. The van der Waals surface area contributed by atoms with Crippen LogP contribution in [0.4, 0.5) is 0 Å². The third kappa shape index (κ3) is 2.55. The van der Waals surface area contributed by atoms with E-state index in [1.807, 2.05) is 27.7 Å². The molecule has 0 saturated carbocycles. The van der Waals surface area contributed by atoms with E-state index in [4.69, 9.17) is 0 Å². The van der Waals surface area contributed by atoms with Crippen molar-refractivity contribution in [2.75, 3.05) is 0 Å². The Morgan fingerprint density at radius 3 is 2.27 bits per heavy atom. The van der Waals surface area contributed by atoms with Crippen molar-refractivity contribution in [3.05, 3.63) is 33.7 Å². The predicted molar refractivity (Wildman–Crippen MR) is 60.3 cm³/mol. The number of Topliss-reactive ketones (excluding diaryl/α,β-unsaturated/α-hetero) is 1. The van der Waals surface area contributed by atoms with Gasteiger partial charge in [-0.25, -0.2) is 0 Å². The van der Waals surface area contributed by atoms with E-state index < -0.39 is 0 Å². The summed E-state index contributed by atoms with van der Waals surface area (Å²) in [7, 11) is 0. The van der Waals surface area contributed by atoms with E-state index in [0.29, 0.717) is 5.56 Å². The molecule has 0 bridgehead atoms. The first kappa shape index (κ1) is 11.7. The monoisotopic (exact) mass is 207 g/mol. The first-order valence-electron chi connectivity index (χ1n) is 5.21. The van der Waals surface area contributed by atoms with Crippen LogP contribution in [0.5, 0.6) is 0 Å². The molecule has 1 rings (SSSR count). The van der Waals surface area contributed by atoms with Crippen LogP contribution in [0.3, 0.4) is 0 Å². The molecule has 0 spiro atoms. The Labute approximate surface area is 89.5 Å². The number of hydrogen-bond donors (Lipinski definition) is 1. The second-order valence-electron chi connectivity index (χ2n) is 4.32. The van der Waals surface area contributed by atoms with Crippen LogP contribution in [-0.4, -0.2) is 10.8 Å². The second-order valence-corrected chi connectivity index (χ2v) is 4.32. The number of hydrogen-bond acceptors (Lipinski definition) is 2. The van der Waals surface area contributed by atoms with Crippen molar-refractivity contribution in [2.24, 2.45) is 5.92 Å². The molecular weight excluding hydrogens is 190 g/mol. The molecule has 0 aliphatic heterocycles. The third-order valence-electron chi connectivity index (χ3n) is 2.32. The van der Waals surface area contributed by atoms with Crippen LogP contribution in [0.2, 0.25) is 0 Å². The molecule has 1 heterocycles. The normalized spacial score (nSPS) is 11.1. The summed E-state index contributed by atoms with van der Waals surface area (Å²) in [4.78, 5) is 25.8. The number of aromatic amines is 1. The minimum atomic E-state index is -0.154. The van der Waals surface area contributed by atoms with E-state index >= 15 is 0 Å². The molecule has 0 saturated heterocycles. The first-order valence-corrected chi connectivity index (χ1v) is 5.21. The molecule has 1 aromatic heterocycles. The summed E-state index contributed by atoms with van der Waals surface area (Å²) in [6, 6.07) is 3.03. The highest BCUT2D eigenvalue weighted by Crippen LogP contribution is 2.18. The Hall–Kier alpha value is -1.38. The fourth-order valence-corrected chi connectivity index (χ4v) is 1.47. The number of pyridine rings is 1. The Morgan fingerprint density at radius 2 is 1.80 bits per heavy atom. The molecule has 82 valence electrons. The van der Waals surface area contributed by atoms with Gasteiger partial charge in [0.1, 0.15) is 0 Å². The number of nitrogens with one attached hydrogen (secondary N) is 1. The number of H-pyrrole nitrogens is 1. The van der Waals surface area contributed by atoms with Gasteiger partial charge in [0.2, 0.25) is 5.56 Å². The average molecular weight is 207 g/mol. The lowest BCUT2D eigenvalue weighted by atomic mass is 9.95. The zero-order chi connectivity index (χ0) is 11.6. The fraction of sp³-hybridized carbons (Fsp3) is 0.500. The first-order chi connectivity index (χ1) is 6.93. The summed E-state index contributed by atoms with van der Waals surface area (Å²) >= 11 is 0. The van der Waals surface area contributed by atoms with Crippen molar-refractivity contribution < 1.29 is 4.79 Å². The van der Waals surface area contributed by atoms with Crippen molar-refractivity contribution >= 4 is 5.78 Å². The van der Waals surface area contributed by atoms with Gasteiger partial charge in [-0.1, -0.05) is 27.7 Å². The van der Waals surface area contributed by atoms with Crippen molar-refractivity contribution in [3.63, 3.8) is 0 Å². The minimum Gasteiger partial charge on any atom is -0.325 e. The van der Waals surface area contributed by atoms with Crippen molar-refractivity contribution in [3.8, 4) is 0 Å². The molecule has 0 aromatic carbocycles. The van der Waals surface area contributed by atoms with E-state index in [0.717, 1.165) is 5.69 Å². The highest BCUT2D eigenvalue weighted by Gasteiger charge is 2.16. The van der Waals surface area contributed by atoms with E-state index in [1.54, 1.807) is 6.07 Å². The van der Waals surface area contributed by atoms with Gasteiger partial charge in [-0.05, 0) is 12.0 Å². The van der Waals surface area contributed by atoms with Gasteiger partial charge >= 0.3 is 0 Å². The van der Waals surface area contributed by atoms with Gasteiger partial charge in [0.15, 0.2) is 5.78 Å². The highest BCUT2D eigenvalue weighted by molar-refractivity contribution is 5.98. The van der Waals surface area contributed by atoms with Crippen LogP contribution in [0, 0.1) is 5.92 Å². The molecule has 0 unspecified atom stereocenters. The lowest BCUT2D eigenvalue weighted by Crippen LogP contribution is -2.17. The van der Waals surface area contributed by atoms with Crippen LogP contribution in [0.15, 0.2) is 16.9 Å². The standard InChI is InChI=1S/C12H17NO2/c1-7(2)11-9(12(15)8(3)4)5-6-10(14)13-11/h5-8H,1-4H3,(H,13,14). The highest BCUT2D eigenvalue weighted by atomic mass is 16.1. The fourth-order valence-electron chi connectivity index (χ4n) is 1.47. The van der Waals surface area contributed by atoms with Gasteiger partial charge in [-0.3, -0.25) is 9.59 Å². The molecule has 0 aliphatic carbocycles. The Bertz CT molecular complexity index is 416. The molecular formula is C12H17NO2. The predicted octanol–water partition coefficient (Wildman–Crippen LogP) is 2.34. The molecule has 3 heteroatoms. The molecule has 0 radical (unpaired) electrons. The second kappa shape index (κ2) is 4.43. The molecule has 0 atom stereocenters. The smallest absolute Gasteiger partial charge is 0.248 e. The molecule has 0 aliphatic rings. The topological polar surface area (TPSA) is 49.9 Å². The zero-order valence-corrected chi connectivity index (χ0v) is 9.63. The van der Waals surface area contributed by atoms with Crippen LogP contribution in [0.1, 0.15) is 49.7 Å². The number of rotatable bonds is 3. The van der Waals surface area contributed by atoms with Gasteiger partial charge < -0.3 is 4.98 Å². The summed E-state index contributed by atoms with van der Waals surface area (Å²) in [6.07, 6.45) is 0. The molecule has 15 heavy (non-hydrogen) atoms. The Morgan fingerprint density at radius 1 is 1.20 bits per heavy atom. The lowest BCUT2D eigenvalue weighted by Gasteiger charge is -2.12. The van der Waals surface area contributed by atoms with Gasteiger partial charge in [0.05, 0.1) is 0 Å². The summed E-state index contributed by atoms with van der Waals surface area (Å²) < 4.78 is 0. The van der Waals surface area contributed by atoms with Gasteiger partial charge in [-0.2, -0.15) is 0 Å². The van der Waals surface area contributed by atoms with Gasteiger partial charge in [-0.15, -0.1) is 0 Å². The average Bonchev–Trinajstić information content (AvgIpc) is 2.16. The third-order valence-corrected chi connectivity index (χ3v) is 2.32. The quantitative estimate of drug-likeness (QED) is 0.773. The zero-order valence-electron chi connectivity index (χ0n) is 9.63. The lowest BCUT2D eigenvalue weighted by molar-refractivity contribution is 0.0937. The molecule has 1 aromatic rings. The van der Waals surface area contributed by atoms with Gasteiger partial charge in [0, 0.05) is 23.2 Å². The Kier molecular flexibility index (Phi) is 3.45. The maximum atomic E-state index is 11.9. The van der Waals surface area contributed by atoms with E-state index in [-0.39, 0.29) is 23.2 Å². The van der Waals surface area contributed by atoms with E-state index in [2.05, 4.69) is 4.98 Å².